The van der Waals surface area contributed by atoms with Crippen LogP contribution >= 0.6 is 0 Å². The van der Waals surface area contributed by atoms with E-state index < -0.39 is 0 Å². The zero-order chi connectivity index (χ0) is 11.9. The molecule has 0 aromatic rings. The first-order chi connectivity index (χ1) is 8.34. The van der Waals surface area contributed by atoms with Gasteiger partial charge in [-0.1, -0.05) is 19.3 Å². The first kappa shape index (κ1) is 12.8. The van der Waals surface area contributed by atoms with Crippen molar-refractivity contribution in [1.29, 1.82) is 0 Å². The maximum Gasteiger partial charge on any atom is 0.234 e. The molecule has 1 heterocycles. The maximum absolute atomic E-state index is 11.8. The Kier molecular flexibility index (Phi) is 5.26. The highest BCUT2D eigenvalue weighted by atomic mass is 16.2. The molecule has 1 amide bonds. The minimum absolute atomic E-state index is 0.206. The molecule has 0 unspecified atom stereocenters. The van der Waals surface area contributed by atoms with Crippen molar-refractivity contribution in [3.8, 4) is 0 Å². The van der Waals surface area contributed by atoms with Gasteiger partial charge in [0.25, 0.3) is 0 Å². The number of piperazine rings is 1. The van der Waals surface area contributed by atoms with E-state index in [4.69, 9.17) is 0 Å². The van der Waals surface area contributed by atoms with Gasteiger partial charge in [0.1, 0.15) is 0 Å². The summed E-state index contributed by atoms with van der Waals surface area (Å²) in [4.78, 5) is 14.0. The van der Waals surface area contributed by atoms with E-state index >= 15 is 0 Å². The minimum Gasteiger partial charge on any atom is -0.355 e. The largest absolute Gasteiger partial charge is 0.355 e. The van der Waals surface area contributed by atoms with Crippen molar-refractivity contribution in [2.45, 2.75) is 32.1 Å². The average Bonchev–Trinajstić information content (AvgIpc) is 2.39. The van der Waals surface area contributed by atoms with Crippen LogP contribution in [0.4, 0.5) is 0 Å². The second-order valence-corrected chi connectivity index (χ2v) is 5.33. The second kappa shape index (κ2) is 6.97. The molecule has 0 aromatic heterocycles. The molecule has 4 heteroatoms. The van der Waals surface area contributed by atoms with Gasteiger partial charge in [-0.15, -0.1) is 0 Å². The fourth-order valence-corrected chi connectivity index (χ4v) is 2.78. The Morgan fingerprint density at radius 3 is 2.59 bits per heavy atom. The van der Waals surface area contributed by atoms with E-state index in [1.165, 1.54) is 32.1 Å². The van der Waals surface area contributed by atoms with Crippen LogP contribution in [0.5, 0.6) is 0 Å². The summed E-state index contributed by atoms with van der Waals surface area (Å²) < 4.78 is 0. The van der Waals surface area contributed by atoms with Crippen molar-refractivity contribution in [2.75, 3.05) is 39.3 Å². The Morgan fingerprint density at radius 1 is 1.18 bits per heavy atom. The third-order valence-corrected chi connectivity index (χ3v) is 3.89. The third kappa shape index (κ3) is 4.64. The van der Waals surface area contributed by atoms with Gasteiger partial charge in [-0.25, -0.2) is 0 Å². The van der Waals surface area contributed by atoms with Gasteiger partial charge in [-0.05, 0) is 18.8 Å². The topological polar surface area (TPSA) is 44.4 Å². The van der Waals surface area contributed by atoms with Crippen molar-refractivity contribution in [2.24, 2.45) is 5.92 Å². The van der Waals surface area contributed by atoms with Crippen LogP contribution in [0.1, 0.15) is 32.1 Å². The molecule has 1 saturated carbocycles. The fraction of sp³-hybridized carbons (Fsp3) is 0.923. The number of carbonyl (C=O) groups is 1. The van der Waals surface area contributed by atoms with Crippen LogP contribution in [0.2, 0.25) is 0 Å². The smallest absolute Gasteiger partial charge is 0.234 e. The molecular weight excluding hydrogens is 214 g/mol. The Labute approximate surface area is 104 Å². The normalized spacial score (nSPS) is 23.5. The molecule has 1 aliphatic heterocycles. The third-order valence-electron chi connectivity index (χ3n) is 3.89. The van der Waals surface area contributed by atoms with Crippen LogP contribution in [0.3, 0.4) is 0 Å². The average molecular weight is 239 g/mol. The lowest BCUT2D eigenvalue weighted by molar-refractivity contribution is -0.122. The molecule has 0 atom stereocenters. The molecule has 2 N–H and O–H groups in total. The number of nitrogens with one attached hydrogen (secondary N) is 2. The van der Waals surface area contributed by atoms with Crippen LogP contribution in [0.15, 0.2) is 0 Å². The minimum atomic E-state index is 0.206. The molecule has 98 valence electrons. The van der Waals surface area contributed by atoms with Crippen molar-refractivity contribution < 1.29 is 4.79 Å². The van der Waals surface area contributed by atoms with Gasteiger partial charge < -0.3 is 10.6 Å². The van der Waals surface area contributed by atoms with Crippen LogP contribution in [-0.2, 0) is 4.79 Å². The van der Waals surface area contributed by atoms with Crippen molar-refractivity contribution in [3.63, 3.8) is 0 Å². The van der Waals surface area contributed by atoms with Gasteiger partial charge in [-0.3, -0.25) is 9.69 Å². The van der Waals surface area contributed by atoms with Crippen LogP contribution in [0.25, 0.3) is 0 Å². The summed E-state index contributed by atoms with van der Waals surface area (Å²) in [7, 11) is 0. The Bertz CT molecular complexity index is 233. The highest BCUT2D eigenvalue weighted by Crippen LogP contribution is 2.22. The van der Waals surface area contributed by atoms with Gasteiger partial charge in [0.2, 0.25) is 5.91 Å². The molecular formula is C13H25N3O. The number of amides is 1. The van der Waals surface area contributed by atoms with E-state index in [2.05, 4.69) is 15.5 Å². The molecule has 1 saturated heterocycles. The second-order valence-electron chi connectivity index (χ2n) is 5.33. The summed E-state index contributed by atoms with van der Waals surface area (Å²) in [6.07, 6.45) is 6.67. The number of hydrogen-bond acceptors (Lipinski definition) is 3. The quantitative estimate of drug-likeness (QED) is 0.754. The zero-order valence-corrected chi connectivity index (χ0v) is 10.7. The number of hydrogen-bond donors (Lipinski definition) is 2. The highest BCUT2D eigenvalue weighted by Gasteiger charge is 2.16. The molecule has 1 aliphatic carbocycles. The number of nitrogens with zero attached hydrogens (tertiary/aromatic N) is 1. The fourth-order valence-electron chi connectivity index (χ4n) is 2.78. The predicted octanol–water partition coefficient (Wildman–Crippen LogP) is 0.588. The van der Waals surface area contributed by atoms with E-state index in [1.54, 1.807) is 0 Å². The summed E-state index contributed by atoms with van der Waals surface area (Å²) in [6, 6.07) is 0. The lowest BCUT2D eigenvalue weighted by Gasteiger charge is -2.27. The maximum atomic E-state index is 11.8. The molecule has 2 rings (SSSR count). The number of carbonyl (C=O) groups excluding carboxylic acids is 1. The molecule has 2 aliphatic rings. The van der Waals surface area contributed by atoms with Gasteiger partial charge >= 0.3 is 0 Å². The molecule has 0 spiro atoms. The van der Waals surface area contributed by atoms with E-state index in [9.17, 15) is 4.79 Å². The van der Waals surface area contributed by atoms with Crippen LogP contribution in [0, 0.1) is 5.92 Å². The molecule has 4 nitrogen and oxygen atoms in total. The van der Waals surface area contributed by atoms with E-state index in [1.807, 2.05) is 0 Å². The first-order valence-corrected chi connectivity index (χ1v) is 7.04. The Balaban J connectivity index is 1.59. The molecule has 0 aromatic carbocycles. The summed E-state index contributed by atoms with van der Waals surface area (Å²) in [5.41, 5.74) is 0. The molecule has 17 heavy (non-hydrogen) atoms. The van der Waals surface area contributed by atoms with Crippen LogP contribution in [-0.4, -0.2) is 50.1 Å². The van der Waals surface area contributed by atoms with Crippen molar-refractivity contribution in [3.05, 3.63) is 0 Å². The zero-order valence-electron chi connectivity index (χ0n) is 10.7. The van der Waals surface area contributed by atoms with E-state index in [-0.39, 0.29) is 5.91 Å². The summed E-state index contributed by atoms with van der Waals surface area (Å²) in [6.45, 7) is 5.48. The Hall–Kier alpha value is -0.610. The number of rotatable bonds is 4. The monoisotopic (exact) mass is 239 g/mol. The molecule has 2 fully saturated rings. The lowest BCUT2D eigenvalue weighted by Crippen LogP contribution is -2.48. The SMILES string of the molecule is O=C(CN1CCNCC1)NCC1CCCCC1. The Morgan fingerprint density at radius 2 is 1.88 bits per heavy atom. The van der Waals surface area contributed by atoms with E-state index in [0.717, 1.165) is 38.6 Å². The van der Waals surface area contributed by atoms with Crippen LogP contribution < -0.4 is 10.6 Å². The van der Waals surface area contributed by atoms with Crippen molar-refractivity contribution >= 4 is 5.91 Å². The molecule has 0 radical (unpaired) electrons. The van der Waals surface area contributed by atoms with Gasteiger partial charge in [-0.2, -0.15) is 0 Å². The van der Waals surface area contributed by atoms with E-state index in [0.29, 0.717) is 6.54 Å². The highest BCUT2D eigenvalue weighted by molar-refractivity contribution is 5.78. The summed E-state index contributed by atoms with van der Waals surface area (Å²) in [5.74, 6) is 0.938. The summed E-state index contributed by atoms with van der Waals surface area (Å²) >= 11 is 0. The summed E-state index contributed by atoms with van der Waals surface area (Å²) in [5, 5.41) is 6.40. The van der Waals surface area contributed by atoms with Gasteiger partial charge in [0, 0.05) is 32.7 Å². The van der Waals surface area contributed by atoms with Gasteiger partial charge in [0.15, 0.2) is 0 Å². The van der Waals surface area contributed by atoms with Gasteiger partial charge in [0.05, 0.1) is 6.54 Å². The lowest BCUT2D eigenvalue weighted by atomic mass is 9.89. The standard InChI is InChI=1S/C13H25N3O/c17-13(11-16-8-6-14-7-9-16)15-10-12-4-2-1-3-5-12/h12,14H,1-11H2,(H,15,17). The predicted molar refractivity (Wildman–Crippen MR) is 68.9 cm³/mol. The molecule has 0 bridgehead atoms. The first-order valence-electron chi connectivity index (χ1n) is 7.04. The van der Waals surface area contributed by atoms with Crippen molar-refractivity contribution in [1.82, 2.24) is 15.5 Å².